The first-order valence-corrected chi connectivity index (χ1v) is 9.86. The molecule has 0 aliphatic heterocycles. The van der Waals surface area contributed by atoms with Crippen molar-refractivity contribution >= 4 is 21.9 Å². The maximum absolute atomic E-state index is 12.9. The number of rotatable bonds is 8. The number of likely N-dealkylation sites (N-methyl/N-ethyl adjacent to an activating group) is 1. The summed E-state index contributed by atoms with van der Waals surface area (Å²) in [6.45, 7) is 0.680. The molecule has 28 heavy (non-hydrogen) atoms. The summed E-state index contributed by atoms with van der Waals surface area (Å²) in [5, 5.41) is 2.68. The van der Waals surface area contributed by atoms with Crippen LogP contribution in [0.15, 0.2) is 59.5 Å². The lowest BCUT2D eigenvalue weighted by molar-refractivity contribution is -0.148. The Morgan fingerprint density at radius 3 is 2.32 bits per heavy atom. The Morgan fingerprint density at radius 1 is 1.11 bits per heavy atom. The van der Waals surface area contributed by atoms with Gasteiger partial charge in [-0.1, -0.05) is 30.3 Å². The van der Waals surface area contributed by atoms with Crippen LogP contribution in [0.2, 0.25) is 0 Å². The van der Waals surface area contributed by atoms with Gasteiger partial charge in [-0.3, -0.25) is 9.59 Å². The van der Waals surface area contributed by atoms with E-state index in [1.165, 1.54) is 7.05 Å². The fraction of sp³-hybridized carbons (Fsp3) is 0.263. The third-order valence-corrected chi connectivity index (χ3v) is 5.73. The van der Waals surface area contributed by atoms with Crippen molar-refractivity contribution in [3.8, 4) is 0 Å². The van der Waals surface area contributed by atoms with Crippen molar-refractivity contribution in [3.05, 3.63) is 66.0 Å². The van der Waals surface area contributed by atoms with Crippen LogP contribution in [0, 0.1) is 5.82 Å². The van der Waals surface area contributed by atoms with E-state index in [9.17, 15) is 22.4 Å². The number of nitrogens with zero attached hydrogens (tertiary/aromatic N) is 1. The second kappa shape index (κ2) is 9.43. The lowest BCUT2D eigenvalue weighted by Crippen LogP contribution is -2.36. The summed E-state index contributed by atoms with van der Waals surface area (Å²) in [6, 6.07) is 13.2. The molecule has 0 spiro atoms. The second-order valence-electron chi connectivity index (χ2n) is 6.08. The highest BCUT2D eigenvalue weighted by atomic mass is 32.2. The Labute approximate surface area is 163 Å². The molecule has 1 amide bonds. The van der Waals surface area contributed by atoms with Crippen LogP contribution in [0.5, 0.6) is 0 Å². The molecule has 0 unspecified atom stereocenters. The molecule has 1 N–H and O–H groups in total. The minimum absolute atomic E-state index is 0.154. The normalized spacial score (nSPS) is 12.4. The van der Waals surface area contributed by atoms with E-state index in [2.05, 4.69) is 5.32 Å². The zero-order valence-electron chi connectivity index (χ0n) is 15.5. The largest absolute Gasteiger partial charge is 0.455 e. The van der Waals surface area contributed by atoms with Gasteiger partial charge in [0.25, 0.3) is 5.91 Å². The van der Waals surface area contributed by atoms with Crippen molar-refractivity contribution in [2.45, 2.75) is 17.9 Å². The van der Waals surface area contributed by atoms with Crippen molar-refractivity contribution in [1.82, 2.24) is 9.62 Å². The monoisotopic (exact) mass is 408 g/mol. The van der Waals surface area contributed by atoms with E-state index < -0.39 is 40.9 Å². The quantitative estimate of drug-likeness (QED) is 0.673. The van der Waals surface area contributed by atoms with Crippen molar-refractivity contribution < 1.29 is 27.1 Å². The van der Waals surface area contributed by atoms with Crippen LogP contribution in [0.4, 0.5) is 4.39 Å². The summed E-state index contributed by atoms with van der Waals surface area (Å²) in [4.78, 5) is 23.6. The number of ether oxygens (including phenoxy) is 1. The molecule has 0 heterocycles. The molecule has 0 aliphatic rings. The molecule has 7 nitrogen and oxygen atoms in total. The standard InChI is InChI=1S/C19H21FN2O5S/c1-14(15-6-4-3-5-7-15)21-18(23)13-27-19(24)12-22(2)28(25,26)17-10-8-16(20)9-11-17/h3-11,14H,12-13H2,1-2H3,(H,21,23)/t14-/m1/s1. The molecule has 0 aliphatic carbocycles. The SMILES string of the molecule is C[C@@H](NC(=O)COC(=O)CN(C)S(=O)(=O)c1ccc(F)cc1)c1ccccc1. The van der Waals surface area contributed by atoms with E-state index in [1.54, 1.807) is 6.92 Å². The molecule has 0 aromatic heterocycles. The van der Waals surface area contributed by atoms with E-state index in [0.29, 0.717) is 0 Å². The van der Waals surface area contributed by atoms with Crippen LogP contribution >= 0.6 is 0 Å². The molecule has 0 bridgehead atoms. The zero-order valence-corrected chi connectivity index (χ0v) is 16.3. The number of nitrogens with one attached hydrogen (secondary N) is 1. The molecular formula is C19H21FN2O5S. The Bertz CT molecular complexity index is 917. The molecular weight excluding hydrogens is 387 g/mol. The van der Waals surface area contributed by atoms with Crippen LogP contribution in [0.25, 0.3) is 0 Å². The highest BCUT2D eigenvalue weighted by molar-refractivity contribution is 7.89. The second-order valence-corrected chi connectivity index (χ2v) is 8.12. The summed E-state index contributed by atoms with van der Waals surface area (Å²) < 4.78 is 43.2. The third kappa shape index (κ3) is 5.86. The molecule has 0 saturated heterocycles. The summed E-state index contributed by atoms with van der Waals surface area (Å²) in [7, 11) is -2.79. The van der Waals surface area contributed by atoms with E-state index >= 15 is 0 Å². The van der Waals surface area contributed by atoms with Crippen molar-refractivity contribution in [3.63, 3.8) is 0 Å². The molecule has 1 atom stereocenters. The molecule has 2 aromatic rings. The Morgan fingerprint density at radius 2 is 1.71 bits per heavy atom. The molecule has 9 heteroatoms. The zero-order chi connectivity index (χ0) is 20.7. The van der Waals surface area contributed by atoms with E-state index in [4.69, 9.17) is 4.74 Å². The number of amides is 1. The van der Waals surface area contributed by atoms with Gasteiger partial charge in [-0.25, -0.2) is 12.8 Å². The van der Waals surface area contributed by atoms with Gasteiger partial charge in [-0.05, 0) is 36.8 Å². The molecule has 2 aromatic carbocycles. The highest BCUT2D eigenvalue weighted by Gasteiger charge is 2.24. The number of benzene rings is 2. The first kappa shape index (κ1) is 21.5. The van der Waals surface area contributed by atoms with Gasteiger partial charge < -0.3 is 10.1 Å². The Hall–Kier alpha value is -2.78. The predicted molar refractivity (Wildman–Crippen MR) is 100 cm³/mol. The Kier molecular flexibility index (Phi) is 7.24. The molecule has 0 fully saturated rings. The average molecular weight is 408 g/mol. The average Bonchev–Trinajstić information content (AvgIpc) is 2.67. The van der Waals surface area contributed by atoms with Crippen LogP contribution in [-0.4, -0.2) is 44.8 Å². The molecule has 150 valence electrons. The minimum Gasteiger partial charge on any atom is -0.455 e. The Balaban J connectivity index is 1.84. The van der Waals surface area contributed by atoms with E-state index in [0.717, 1.165) is 34.1 Å². The van der Waals surface area contributed by atoms with Crippen molar-refractivity contribution in [2.24, 2.45) is 0 Å². The summed E-state index contributed by atoms with van der Waals surface area (Å²) >= 11 is 0. The van der Waals surface area contributed by atoms with Crippen molar-refractivity contribution in [2.75, 3.05) is 20.2 Å². The van der Waals surface area contributed by atoms with Gasteiger partial charge in [0.05, 0.1) is 10.9 Å². The van der Waals surface area contributed by atoms with Crippen LogP contribution in [0.3, 0.4) is 0 Å². The van der Waals surface area contributed by atoms with Crippen LogP contribution in [-0.2, 0) is 24.3 Å². The fourth-order valence-corrected chi connectivity index (χ4v) is 3.47. The van der Waals surface area contributed by atoms with Gasteiger partial charge in [0, 0.05) is 7.05 Å². The fourth-order valence-electron chi connectivity index (χ4n) is 2.35. The summed E-state index contributed by atoms with van der Waals surface area (Å²) in [5.41, 5.74) is 0.896. The number of hydrogen-bond acceptors (Lipinski definition) is 5. The van der Waals surface area contributed by atoms with E-state index in [-0.39, 0.29) is 10.9 Å². The lowest BCUT2D eigenvalue weighted by Gasteiger charge is -2.17. The first-order valence-electron chi connectivity index (χ1n) is 8.42. The van der Waals surface area contributed by atoms with Crippen molar-refractivity contribution in [1.29, 1.82) is 0 Å². The highest BCUT2D eigenvalue weighted by Crippen LogP contribution is 2.15. The van der Waals surface area contributed by atoms with Gasteiger partial charge in [-0.15, -0.1) is 0 Å². The lowest BCUT2D eigenvalue weighted by atomic mass is 10.1. The van der Waals surface area contributed by atoms with Crippen LogP contribution in [0.1, 0.15) is 18.5 Å². The maximum atomic E-state index is 12.9. The molecule has 2 rings (SSSR count). The number of carbonyl (C=O) groups is 2. The van der Waals surface area contributed by atoms with Gasteiger partial charge in [0.2, 0.25) is 10.0 Å². The predicted octanol–water partition coefficient (Wildman–Crippen LogP) is 1.87. The number of esters is 1. The minimum atomic E-state index is -3.98. The van der Waals surface area contributed by atoms with Gasteiger partial charge in [0.1, 0.15) is 12.4 Å². The van der Waals surface area contributed by atoms with E-state index in [1.807, 2.05) is 30.3 Å². The summed E-state index contributed by atoms with van der Waals surface area (Å²) in [5.74, 6) is -1.96. The molecule has 0 saturated carbocycles. The van der Waals surface area contributed by atoms with Crippen LogP contribution < -0.4 is 5.32 Å². The number of carbonyl (C=O) groups excluding carboxylic acids is 2. The third-order valence-electron chi connectivity index (χ3n) is 3.91. The summed E-state index contributed by atoms with van der Waals surface area (Å²) in [6.07, 6.45) is 0. The maximum Gasteiger partial charge on any atom is 0.321 e. The number of hydrogen-bond donors (Lipinski definition) is 1. The number of sulfonamides is 1. The smallest absolute Gasteiger partial charge is 0.321 e. The van der Waals surface area contributed by atoms with Gasteiger partial charge >= 0.3 is 5.97 Å². The first-order chi connectivity index (χ1) is 13.2. The van der Waals surface area contributed by atoms with Gasteiger partial charge in [0.15, 0.2) is 6.61 Å². The van der Waals surface area contributed by atoms with Gasteiger partial charge in [-0.2, -0.15) is 4.31 Å². The topological polar surface area (TPSA) is 92.8 Å². The number of halogens is 1. The molecule has 0 radical (unpaired) electrons.